The van der Waals surface area contributed by atoms with Gasteiger partial charge >= 0.3 is 5.97 Å². The number of ether oxygens (including phenoxy) is 1. The number of Topliss-reactive ketones (excluding diaryl/α,β-unsaturated/α-hetero) is 1. The molecule has 0 radical (unpaired) electrons. The van der Waals surface area contributed by atoms with E-state index in [0.717, 1.165) is 62.7 Å². The third kappa shape index (κ3) is 5.39. The molecule has 0 bridgehead atoms. The highest BCUT2D eigenvalue weighted by Crippen LogP contribution is 2.41. The van der Waals surface area contributed by atoms with Crippen molar-refractivity contribution < 1.29 is 29.0 Å². The number of aromatic nitrogens is 1. The number of hydrogen-bond acceptors (Lipinski definition) is 5. The van der Waals surface area contributed by atoms with Crippen molar-refractivity contribution in [2.45, 2.75) is 69.7 Å². The minimum absolute atomic E-state index is 0.0780. The van der Waals surface area contributed by atoms with Gasteiger partial charge in [-0.25, -0.2) is 0 Å². The Balaban J connectivity index is 1.53. The first-order valence-corrected chi connectivity index (χ1v) is 12.8. The summed E-state index contributed by atoms with van der Waals surface area (Å²) in [7, 11) is 1.46. The molecule has 9 heteroatoms. The number of nitrogens with zero attached hydrogens (tertiary/aromatic N) is 1. The molecular weight excluding hydrogens is 462 g/mol. The van der Waals surface area contributed by atoms with E-state index in [1.165, 1.54) is 19.7 Å². The number of benzene rings is 1. The Hall–Kier alpha value is -3.36. The van der Waals surface area contributed by atoms with E-state index in [1.54, 1.807) is 18.2 Å². The van der Waals surface area contributed by atoms with Crippen LogP contribution < -0.4 is 10.1 Å². The fraction of sp³-hybridized carbons (Fsp3) is 0.556. The summed E-state index contributed by atoms with van der Waals surface area (Å²) in [6.45, 7) is -1.22. The zero-order valence-corrected chi connectivity index (χ0v) is 20.8. The van der Waals surface area contributed by atoms with E-state index in [-0.39, 0.29) is 11.1 Å². The molecule has 2 aromatic rings. The molecule has 0 saturated heterocycles. The van der Waals surface area contributed by atoms with Crippen molar-refractivity contribution in [3.63, 3.8) is 0 Å². The number of carbonyl (C=O) groups excluding carboxylic acids is 3. The molecule has 1 aromatic heterocycles. The quantitative estimate of drug-likeness (QED) is 0.358. The van der Waals surface area contributed by atoms with Gasteiger partial charge in [0.1, 0.15) is 18.8 Å². The van der Waals surface area contributed by atoms with Crippen molar-refractivity contribution in [2.75, 3.05) is 20.2 Å². The number of fused-ring (bicyclic) bond motifs is 1. The first-order chi connectivity index (χ1) is 17.3. The van der Waals surface area contributed by atoms with Crippen LogP contribution >= 0.6 is 0 Å². The molecule has 194 valence electrons. The Labute approximate surface area is 210 Å². The average molecular weight is 498 g/mol. The molecule has 0 unspecified atom stereocenters. The highest BCUT2D eigenvalue weighted by atomic mass is 16.5. The lowest BCUT2D eigenvalue weighted by Crippen LogP contribution is -2.58. The van der Waals surface area contributed by atoms with Crippen molar-refractivity contribution in [2.24, 2.45) is 5.92 Å². The number of H-pyrrole nitrogens is 1. The van der Waals surface area contributed by atoms with Crippen LogP contribution in [0.5, 0.6) is 5.75 Å². The molecule has 0 atom stereocenters. The molecule has 2 saturated carbocycles. The number of carbonyl (C=O) groups is 4. The molecule has 9 nitrogen and oxygen atoms in total. The first kappa shape index (κ1) is 25.7. The Morgan fingerprint density at radius 1 is 1.06 bits per heavy atom. The maximum atomic E-state index is 13.2. The van der Waals surface area contributed by atoms with E-state index in [4.69, 9.17) is 4.74 Å². The van der Waals surface area contributed by atoms with Gasteiger partial charge < -0.3 is 25.0 Å². The average Bonchev–Trinajstić information content (AvgIpc) is 3.32. The van der Waals surface area contributed by atoms with E-state index in [2.05, 4.69) is 10.3 Å². The zero-order chi connectivity index (χ0) is 25.7. The van der Waals surface area contributed by atoms with Crippen molar-refractivity contribution in [1.29, 1.82) is 0 Å². The number of ketones is 1. The number of rotatable bonds is 9. The number of amides is 2. The van der Waals surface area contributed by atoms with Crippen molar-refractivity contribution >= 4 is 34.5 Å². The molecule has 1 aromatic carbocycles. The summed E-state index contributed by atoms with van der Waals surface area (Å²) in [6, 6.07) is 5.17. The number of methoxy groups -OCH3 is 1. The van der Waals surface area contributed by atoms with Crippen LogP contribution in [0.4, 0.5) is 0 Å². The summed E-state index contributed by atoms with van der Waals surface area (Å²) < 4.78 is 5.34. The number of aromatic amines is 1. The number of aliphatic carboxylic acids is 1. The van der Waals surface area contributed by atoms with Crippen LogP contribution in [0.2, 0.25) is 0 Å². The van der Waals surface area contributed by atoms with Gasteiger partial charge in [0, 0.05) is 17.3 Å². The fourth-order valence-corrected chi connectivity index (χ4v) is 6.09. The van der Waals surface area contributed by atoms with E-state index in [9.17, 15) is 24.3 Å². The number of carboxylic acid groups (broad SMARTS) is 1. The van der Waals surface area contributed by atoms with E-state index in [1.807, 2.05) is 0 Å². The lowest BCUT2D eigenvalue weighted by molar-refractivity contribution is -0.144. The second-order valence-electron chi connectivity index (χ2n) is 10.1. The molecule has 0 aliphatic heterocycles. The SMILES string of the molecule is COc1cccc2[nH]cc(C(=O)C(=O)N(CC(=O)O)CC(=O)NC3(C4CCCCC4)CCCCC3)c12. The van der Waals surface area contributed by atoms with Crippen LogP contribution in [0.1, 0.15) is 74.6 Å². The number of carboxylic acids is 1. The number of nitrogens with one attached hydrogen (secondary N) is 2. The smallest absolute Gasteiger partial charge is 0.323 e. The minimum Gasteiger partial charge on any atom is -0.496 e. The molecule has 2 fully saturated rings. The van der Waals surface area contributed by atoms with Crippen LogP contribution in [0.3, 0.4) is 0 Å². The summed E-state index contributed by atoms with van der Waals surface area (Å²) in [5.74, 6) is -2.82. The van der Waals surface area contributed by atoms with Crippen LogP contribution in [-0.2, 0) is 14.4 Å². The summed E-state index contributed by atoms with van der Waals surface area (Å²) in [5, 5.41) is 13.1. The zero-order valence-electron chi connectivity index (χ0n) is 20.8. The lowest BCUT2D eigenvalue weighted by atomic mass is 9.67. The van der Waals surface area contributed by atoms with Crippen molar-refractivity contribution in [3.05, 3.63) is 30.0 Å². The van der Waals surface area contributed by atoms with E-state index < -0.39 is 36.7 Å². The topological polar surface area (TPSA) is 129 Å². The third-order valence-corrected chi connectivity index (χ3v) is 7.79. The van der Waals surface area contributed by atoms with Gasteiger partial charge in [-0.3, -0.25) is 19.2 Å². The molecule has 36 heavy (non-hydrogen) atoms. The first-order valence-electron chi connectivity index (χ1n) is 12.8. The largest absolute Gasteiger partial charge is 0.496 e. The predicted molar refractivity (Wildman–Crippen MR) is 134 cm³/mol. The summed E-state index contributed by atoms with van der Waals surface area (Å²) in [4.78, 5) is 55.0. The number of hydrogen-bond donors (Lipinski definition) is 3. The highest BCUT2D eigenvalue weighted by Gasteiger charge is 2.41. The van der Waals surface area contributed by atoms with Gasteiger partial charge in [0.2, 0.25) is 5.91 Å². The van der Waals surface area contributed by atoms with Crippen LogP contribution in [-0.4, -0.2) is 64.3 Å². The molecule has 3 N–H and O–H groups in total. The molecule has 1 heterocycles. The maximum Gasteiger partial charge on any atom is 0.323 e. The van der Waals surface area contributed by atoms with Gasteiger partial charge in [-0.2, -0.15) is 0 Å². The van der Waals surface area contributed by atoms with Gasteiger partial charge in [0.15, 0.2) is 0 Å². The van der Waals surface area contributed by atoms with Crippen LogP contribution in [0.15, 0.2) is 24.4 Å². The normalized spacial score (nSPS) is 17.9. The molecular formula is C27H35N3O6. The standard InChI is InChI=1S/C27H35N3O6/c1-36-21-12-8-11-20-24(21)19(15-28-20)25(34)26(35)30(17-23(32)33)16-22(31)29-27(13-6-3-7-14-27)18-9-4-2-5-10-18/h8,11-12,15,18,28H,2-7,9-10,13-14,16-17H2,1H3,(H,29,31)(H,32,33). The van der Waals surface area contributed by atoms with Gasteiger partial charge in [-0.15, -0.1) is 0 Å². The maximum absolute atomic E-state index is 13.2. The lowest BCUT2D eigenvalue weighted by Gasteiger charge is -2.46. The third-order valence-electron chi connectivity index (χ3n) is 7.79. The minimum atomic E-state index is -1.29. The van der Waals surface area contributed by atoms with Gasteiger partial charge in [0.05, 0.1) is 18.1 Å². The Morgan fingerprint density at radius 3 is 2.42 bits per heavy atom. The van der Waals surface area contributed by atoms with Crippen LogP contribution in [0, 0.1) is 5.92 Å². The molecule has 2 amide bonds. The molecule has 2 aliphatic carbocycles. The summed E-state index contributed by atoms with van der Waals surface area (Å²) >= 11 is 0. The molecule has 2 aliphatic rings. The van der Waals surface area contributed by atoms with E-state index in [0.29, 0.717) is 22.6 Å². The second kappa shape index (κ2) is 11.1. The van der Waals surface area contributed by atoms with Gasteiger partial charge in [-0.05, 0) is 43.7 Å². The monoisotopic (exact) mass is 497 g/mol. The summed E-state index contributed by atoms with van der Waals surface area (Å²) in [5.41, 5.74) is 0.371. The highest BCUT2D eigenvalue weighted by molar-refractivity contribution is 6.45. The predicted octanol–water partition coefficient (Wildman–Crippen LogP) is 3.67. The van der Waals surface area contributed by atoms with Crippen LogP contribution in [0.25, 0.3) is 10.9 Å². The summed E-state index contributed by atoms with van der Waals surface area (Å²) in [6.07, 6.45) is 12.0. The Morgan fingerprint density at radius 2 is 1.75 bits per heavy atom. The fourth-order valence-electron chi connectivity index (χ4n) is 6.09. The van der Waals surface area contributed by atoms with E-state index >= 15 is 0 Å². The Bertz CT molecular complexity index is 1130. The second-order valence-corrected chi connectivity index (χ2v) is 10.1. The molecule has 4 rings (SSSR count). The van der Waals surface area contributed by atoms with Crippen molar-refractivity contribution in [1.82, 2.24) is 15.2 Å². The van der Waals surface area contributed by atoms with Gasteiger partial charge in [-0.1, -0.05) is 44.6 Å². The molecule has 0 spiro atoms. The van der Waals surface area contributed by atoms with Gasteiger partial charge in [0.25, 0.3) is 11.7 Å². The van der Waals surface area contributed by atoms with Crippen molar-refractivity contribution in [3.8, 4) is 5.75 Å². The Kier molecular flexibility index (Phi) is 7.96.